The quantitative estimate of drug-likeness (QED) is 0.759. The number of carbonyl (C=O) groups excluding carboxylic acids is 1. The van der Waals surface area contributed by atoms with Crippen LogP contribution in [0, 0.1) is 23.2 Å². The third kappa shape index (κ3) is 1.65. The molecular formula is C13H18O4. The van der Waals surface area contributed by atoms with Crippen LogP contribution >= 0.6 is 0 Å². The second-order valence-corrected chi connectivity index (χ2v) is 6.19. The molecule has 94 valence electrons. The molecule has 3 unspecified atom stereocenters. The monoisotopic (exact) mass is 238 g/mol. The molecule has 0 radical (unpaired) electrons. The van der Waals surface area contributed by atoms with Crippen LogP contribution in [-0.2, 0) is 14.3 Å². The molecule has 0 spiro atoms. The second kappa shape index (κ2) is 3.72. The van der Waals surface area contributed by atoms with Crippen LogP contribution in [0.5, 0.6) is 0 Å². The minimum absolute atomic E-state index is 0.149. The molecule has 4 aliphatic rings. The molecule has 17 heavy (non-hydrogen) atoms. The molecule has 0 aliphatic heterocycles. The fourth-order valence-electron chi connectivity index (χ4n) is 5.02. The molecule has 0 saturated heterocycles. The molecule has 0 aromatic heterocycles. The number of rotatable bonds is 4. The van der Waals surface area contributed by atoms with E-state index < -0.39 is 5.97 Å². The summed E-state index contributed by atoms with van der Waals surface area (Å²) in [6.45, 7) is 0.510. The lowest BCUT2D eigenvalue weighted by Crippen LogP contribution is -2.57. The van der Waals surface area contributed by atoms with Crippen LogP contribution < -0.4 is 0 Å². The van der Waals surface area contributed by atoms with Gasteiger partial charge in [-0.25, -0.2) is 0 Å². The van der Waals surface area contributed by atoms with E-state index in [1.54, 1.807) is 0 Å². The molecule has 0 aromatic carbocycles. The third-order valence-electron chi connectivity index (χ3n) is 5.07. The van der Waals surface area contributed by atoms with E-state index in [2.05, 4.69) is 0 Å². The standard InChI is InChI=1S/C13H18O4/c14-7-17-12-10-2-8-1-9(3-10)5-13(12,4-8)6-11(15)16/h7-10,12H,1-6H2,(H,15,16). The van der Waals surface area contributed by atoms with Crippen molar-refractivity contribution in [2.24, 2.45) is 23.2 Å². The lowest BCUT2D eigenvalue weighted by molar-refractivity contribution is -0.189. The van der Waals surface area contributed by atoms with E-state index in [4.69, 9.17) is 9.84 Å². The zero-order chi connectivity index (χ0) is 12.0. The van der Waals surface area contributed by atoms with Crippen molar-refractivity contribution in [1.29, 1.82) is 0 Å². The highest BCUT2D eigenvalue weighted by atomic mass is 16.5. The molecule has 0 amide bonds. The molecule has 4 fully saturated rings. The number of carbonyl (C=O) groups is 2. The minimum Gasteiger partial charge on any atom is -0.481 e. The molecule has 4 aliphatic carbocycles. The number of hydrogen-bond donors (Lipinski definition) is 1. The van der Waals surface area contributed by atoms with Gasteiger partial charge in [0.2, 0.25) is 0 Å². The molecule has 4 rings (SSSR count). The van der Waals surface area contributed by atoms with Gasteiger partial charge in [0, 0.05) is 5.41 Å². The van der Waals surface area contributed by atoms with E-state index in [0.717, 1.165) is 25.7 Å². The van der Waals surface area contributed by atoms with Gasteiger partial charge in [-0.15, -0.1) is 0 Å². The van der Waals surface area contributed by atoms with Gasteiger partial charge in [0.25, 0.3) is 6.47 Å². The van der Waals surface area contributed by atoms with E-state index in [1.165, 1.54) is 6.42 Å². The van der Waals surface area contributed by atoms with Crippen molar-refractivity contribution >= 4 is 12.4 Å². The maximum atomic E-state index is 11.1. The normalized spacial score (nSPS) is 46.8. The predicted molar refractivity (Wildman–Crippen MR) is 59.2 cm³/mol. The average Bonchev–Trinajstić information content (AvgIpc) is 2.21. The first-order chi connectivity index (χ1) is 8.13. The summed E-state index contributed by atoms with van der Waals surface area (Å²) in [5.41, 5.74) is -0.262. The summed E-state index contributed by atoms with van der Waals surface area (Å²) in [5, 5.41) is 9.12. The lowest BCUT2D eigenvalue weighted by atomic mass is 9.47. The van der Waals surface area contributed by atoms with Gasteiger partial charge in [-0.05, 0) is 49.9 Å². The molecule has 4 heteroatoms. The summed E-state index contributed by atoms with van der Waals surface area (Å²) in [6.07, 6.45) is 5.38. The van der Waals surface area contributed by atoms with E-state index in [0.29, 0.717) is 24.2 Å². The van der Waals surface area contributed by atoms with Gasteiger partial charge >= 0.3 is 5.97 Å². The average molecular weight is 238 g/mol. The Labute approximate surface area is 100 Å². The van der Waals surface area contributed by atoms with E-state index in [1.807, 2.05) is 0 Å². The zero-order valence-electron chi connectivity index (χ0n) is 9.80. The minimum atomic E-state index is -0.758. The molecule has 4 saturated carbocycles. The van der Waals surface area contributed by atoms with Crippen molar-refractivity contribution in [1.82, 2.24) is 0 Å². The fraction of sp³-hybridized carbons (Fsp3) is 0.846. The zero-order valence-corrected chi connectivity index (χ0v) is 9.80. The van der Waals surface area contributed by atoms with Crippen LogP contribution in [0.15, 0.2) is 0 Å². The highest BCUT2D eigenvalue weighted by Gasteiger charge is 2.58. The predicted octanol–water partition coefficient (Wildman–Crippen LogP) is 1.83. The number of carboxylic acids is 1. The number of aliphatic carboxylic acids is 1. The topological polar surface area (TPSA) is 63.6 Å². The maximum absolute atomic E-state index is 11.1. The van der Waals surface area contributed by atoms with Crippen molar-refractivity contribution in [3.8, 4) is 0 Å². The summed E-state index contributed by atoms with van der Waals surface area (Å²) in [6, 6.07) is 0. The van der Waals surface area contributed by atoms with Crippen LogP contribution in [0.25, 0.3) is 0 Å². The molecule has 4 nitrogen and oxygen atoms in total. The van der Waals surface area contributed by atoms with Crippen LogP contribution in [0.4, 0.5) is 0 Å². The summed E-state index contributed by atoms with van der Waals surface area (Å²) >= 11 is 0. The van der Waals surface area contributed by atoms with Gasteiger partial charge in [0.1, 0.15) is 6.10 Å². The first kappa shape index (κ1) is 11.1. The smallest absolute Gasteiger partial charge is 0.304 e. The third-order valence-corrected chi connectivity index (χ3v) is 5.07. The van der Waals surface area contributed by atoms with Gasteiger partial charge in [-0.1, -0.05) is 0 Å². The van der Waals surface area contributed by atoms with Gasteiger partial charge in [-0.3, -0.25) is 9.59 Å². The van der Waals surface area contributed by atoms with Gasteiger partial charge in [-0.2, -0.15) is 0 Å². The molecular weight excluding hydrogens is 220 g/mol. The Bertz CT molecular complexity index is 337. The Balaban J connectivity index is 1.91. The van der Waals surface area contributed by atoms with Crippen LogP contribution in [0.2, 0.25) is 0 Å². The van der Waals surface area contributed by atoms with E-state index >= 15 is 0 Å². The van der Waals surface area contributed by atoms with E-state index in [9.17, 15) is 9.59 Å². The summed E-state index contributed by atoms with van der Waals surface area (Å²) in [4.78, 5) is 21.7. The number of hydrogen-bond acceptors (Lipinski definition) is 3. The first-order valence-electron chi connectivity index (χ1n) is 6.44. The lowest BCUT2D eigenvalue weighted by Gasteiger charge is -2.59. The summed E-state index contributed by atoms with van der Waals surface area (Å²) < 4.78 is 5.28. The van der Waals surface area contributed by atoms with Crippen molar-refractivity contribution in [2.75, 3.05) is 0 Å². The Kier molecular flexibility index (Phi) is 2.42. The largest absolute Gasteiger partial charge is 0.481 e. The fourth-order valence-corrected chi connectivity index (χ4v) is 5.02. The van der Waals surface area contributed by atoms with Crippen LogP contribution in [0.3, 0.4) is 0 Å². The SMILES string of the molecule is O=COC1C2CC3CC(C2)CC1(CC(=O)O)C3. The molecule has 4 bridgehead atoms. The molecule has 0 aromatic rings. The Hall–Kier alpha value is -1.06. The van der Waals surface area contributed by atoms with Crippen LogP contribution in [-0.4, -0.2) is 23.7 Å². The Morgan fingerprint density at radius 2 is 1.94 bits per heavy atom. The van der Waals surface area contributed by atoms with Crippen LogP contribution in [0.1, 0.15) is 38.5 Å². The molecule has 1 N–H and O–H groups in total. The van der Waals surface area contributed by atoms with Crippen molar-refractivity contribution in [3.63, 3.8) is 0 Å². The van der Waals surface area contributed by atoms with Crippen molar-refractivity contribution in [2.45, 2.75) is 44.6 Å². The van der Waals surface area contributed by atoms with E-state index in [-0.39, 0.29) is 17.9 Å². The second-order valence-electron chi connectivity index (χ2n) is 6.19. The van der Waals surface area contributed by atoms with Gasteiger partial charge < -0.3 is 9.84 Å². The van der Waals surface area contributed by atoms with Gasteiger partial charge in [0.15, 0.2) is 0 Å². The van der Waals surface area contributed by atoms with Crippen molar-refractivity contribution < 1.29 is 19.4 Å². The Morgan fingerprint density at radius 3 is 2.47 bits per heavy atom. The highest BCUT2D eigenvalue weighted by Crippen LogP contribution is 2.62. The highest BCUT2D eigenvalue weighted by molar-refractivity contribution is 5.68. The molecule has 0 heterocycles. The first-order valence-corrected chi connectivity index (χ1v) is 6.44. The number of ether oxygens (including phenoxy) is 1. The summed E-state index contributed by atoms with van der Waals surface area (Å²) in [7, 11) is 0. The summed E-state index contributed by atoms with van der Waals surface area (Å²) in [5.74, 6) is 0.981. The Morgan fingerprint density at radius 1 is 1.29 bits per heavy atom. The number of carboxylic acid groups (broad SMARTS) is 1. The van der Waals surface area contributed by atoms with Crippen molar-refractivity contribution in [3.05, 3.63) is 0 Å². The maximum Gasteiger partial charge on any atom is 0.304 e. The molecule has 3 atom stereocenters. The van der Waals surface area contributed by atoms with Gasteiger partial charge in [0.05, 0.1) is 6.42 Å².